The van der Waals surface area contributed by atoms with Gasteiger partial charge in [-0.15, -0.1) is 0 Å². The molecule has 1 N–H and O–H groups in total. The molecule has 0 radical (unpaired) electrons. The summed E-state index contributed by atoms with van der Waals surface area (Å²) in [6, 6.07) is 13.7. The van der Waals surface area contributed by atoms with Gasteiger partial charge >= 0.3 is 6.18 Å². The molecule has 1 aliphatic heterocycles. The topological polar surface area (TPSA) is 80.2 Å². The van der Waals surface area contributed by atoms with Crippen molar-refractivity contribution in [2.45, 2.75) is 38.8 Å². The number of ether oxygens (including phenoxy) is 1. The predicted octanol–water partition coefficient (Wildman–Crippen LogP) is 7.98. The van der Waals surface area contributed by atoms with Gasteiger partial charge in [-0.2, -0.15) is 13.2 Å². The van der Waals surface area contributed by atoms with Gasteiger partial charge in [0, 0.05) is 41.1 Å². The van der Waals surface area contributed by atoms with Crippen LogP contribution in [0, 0.1) is 5.92 Å². The van der Waals surface area contributed by atoms with Gasteiger partial charge in [0.15, 0.2) is 0 Å². The van der Waals surface area contributed by atoms with Crippen LogP contribution in [-0.4, -0.2) is 45.9 Å². The molecule has 3 heterocycles. The molecular weight excluding hydrogens is 623 g/mol. The summed E-state index contributed by atoms with van der Waals surface area (Å²) in [5.74, 6) is 0.920. The van der Waals surface area contributed by atoms with E-state index >= 15 is 0 Å². The fraction of sp³-hybridized carbons (Fsp3) is 0.312. The summed E-state index contributed by atoms with van der Waals surface area (Å²) in [7, 11) is 2.03. The summed E-state index contributed by atoms with van der Waals surface area (Å²) in [4.78, 5) is 28.9. The number of amides is 1. The second-order valence-corrected chi connectivity index (χ2v) is 11.6. The number of anilines is 1. The number of carbonyl (C=O) groups is 1. The first-order valence-corrected chi connectivity index (χ1v) is 14.8. The lowest BCUT2D eigenvalue weighted by Gasteiger charge is -2.24. The maximum absolute atomic E-state index is 13.7. The summed E-state index contributed by atoms with van der Waals surface area (Å²) in [5, 5.41) is 2.76. The van der Waals surface area contributed by atoms with Gasteiger partial charge in [-0.3, -0.25) is 4.79 Å². The van der Waals surface area contributed by atoms with Crippen molar-refractivity contribution >= 4 is 27.5 Å². The smallest absolute Gasteiger partial charge is 0.416 e. The standard InChI is InChI=1S/C32H31BrF3N5O2/c1-4-29-37-12-9-27(39-29)26-6-5-11-38-31(26)43-24-15-21(14-23(33)17-24)30(42)40-28-16-22(32(34,35)36)7-8-25(28)19(2)20-10-13-41(3)18-20/h5-9,11-12,14-17,19-20H,4,10,13,18H2,1-3H3,(H,40,42). The van der Waals surface area contributed by atoms with Gasteiger partial charge in [0.05, 0.1) is 16.8 Å². The van der Waals surface area contributed by atoms with Crippen molar-refractivity contribution in [3.05, 3.63) is 94.0 Å². The Kier molecular flexibility index (Phi) is 9.12. The Morgan fingerprint density at radius 3 is 2.67 bits per heavy atom. The largest absolute Gasteiger partial charge is 0.438 e. The van der Waals surface area contributed by atoms with Crippen molar-refractivity contribution in [1.29, 1.82) is 0 Å². The van der Waals surface area contributed by atoms with Crippen molar-refractivity contribution in [3.8, 4) is 22.9 Å². The highest BCUT2D eigenvalue weighted by Gasteiger charge is 2.33. The van der Waals surface area contributed by atoms with E-state index in [1.165, 1.54) is 12.1 Å². The number of aryl methyl sites for hydroxylation is 1. The first-order valence-electron chi connectivity index (χ1n) is 14.0. The van der Waals surface area contributed by atoms with Crippen LogP contribution in [0.15, 0.2) is 71.5 Å². The van der Waals surface area contributed by atoms with Crippen molar-refractivity contribution in [2.24, 2.45) is 5.92 Å². The van der Waals surface area contributed by atoms with Gasteiger partial charge in [-0.25, -0.2) is 15.0 Å². The second-order valence-electron chi connectivity index (χ2n) is 10.7. The van der Waals surface area contributed by atoms with Crippen molar-refractivity contribution < 1.29 is 22.7 Å². The van der Waals surface area contributed by atoms with Crippen LogP contribution in [-0.2, 0) is 12.6 Å². The number of halogens is 4. The highest BCUT2D eigenvalue weighted by atomic mass is 79.9. The zero-order valence-corrected chi connectivity index (χ0v) is 25.5. The molecule has 1 amide bonds. The number of hydrogen-bond donors (Lipinski definition) is 1. The lowest BCUT2D eigenvalue weighted by molar-refractivity contribution is -0.137. The Balaban J connectivity index is 1.44. The Morgan fingerprint density at radius 1 is 1.14 bits per heavy atom. The van der Waals surface area contributed by atoms with E-state index < -0.39 is 17.6 Å². The molecule has 43 heavy (non-hydrogen) atoms. The number of carbonyl (C=O) groups excluding carboxylic acids is 1. The molecule has 224 valence electrons. The van der Waals surface area contributed by atoms with Crippen LogP contribution >= 0.6 is 15.9 Å². The Labute approximate surface area is 256 Å². The van der Waals surface area contributed by atoms with E-state index in [1.54, 1.807) is 36.7 Å². The zero-order valence-electron chi connectivity index (χ0n) is 24.0. The summed E-state index contributed by atoms with van der Waals surface area (Å²) in [6.45, 7) is 5.72. The Morgan fingerprint density at radius 2 is 1.95 bits per heavy atom. The van der Waals surface area contributed by atoms with Crippen LogP contribution in [0.3, 0.4) is 0 Å². The van der Waals surface area contributed by atoms with E-state index in [1.807, 2.05) is 27.0 Å². The molecule has 1 fully saturated rings. The summed E-state index contributed by atoms with van der Waals surface area (Å²) < 4.78 is 47.7. The van der Waals surface area contributed by atoms with E-state index in [9.17, 15) is 18.0 Å². The van der Waals surface area contributed by atoms with Crippen molar-refractivity contribution in [3.63, 3.8) is 0 Å². The second kappa shape index (κ2) is 12.8. The predicted molar refractivity (Wildman–Crippen MR) is 162 cm³/mol. The van der Waals surface area contributed by atoms with Crippen LogP contribution in [0.4, 0.5) is 18.9 Å². The van der Waals surface area contributed by atoms with E-state index in [-0.39, 0.29) is 29.0 Å². The highest BCUT2D eigenvalue weighted by Crippen LogP contribution is 2.39. The monoisotopic (exact) mass is 653 g/mol. The number of nitrogens with zero attached hydrogens (tertiary/aromatic N) is 4. The minimum absolute atomic E-state index is 0.0541. The summed E-state index contributed by atoms with van der Waals surface area (Å²) >= 11 is 3.43. The number of alkyl halides is 3. The highest BCUT2D eigenvalue weighted by molar-refractivity contribution is 9.10. The normalized spacial score (nSPS) is 16.2. The van der Waals surface area contributed by atoms with Crippen LogP contribution in [0.1, 0.15) is 53.5 Å². The van der Waals surface area contributed by atoms with Gasteiger partial charge in [-0.1, -0.05) is 35.8 Å². The lowest BCUT2D eigenvalue weighted by Crippen LogP contribution is -2.20. The van der Waals surface area contributed by atoms with Crippen molar-refractivity contribution in [1.82, 2.24) is 19.9 Å². The minimum Gasteiger partial charge on any atom is -0.438 e. The number of benzene rings is 2. The quantitative estimate of drug-likeness (QED) is 0.208. The fourth-order valence-corrected chi connectivity index (χ4v) is 5.79. The average molecular weight is 655 g/mol. The SMILES string of the molecule is CCc1nccc(-c2cccnc2Oc2cc(Br)cc(C(=O)Nc3cc(C(F)(F)F)ccc3C(C)C3CCN(C)C3)c2)n1. The maximum Gasteiger partial charge on any atom is 0.416 e. The summed E-state index contributed by atoms with van der Waals surface area (Å²) in [5.41, 5.74) is 1.48. The summed E-state index contributed by atoms with van der Waals surface area (Å²) in [6.07, 6.45) is 0.312. The van der Waals surface area contributed by atoms with Gasteiger partial charge < -0.3 is 15.0 Å². The molecule has 1 saturated heterocycles. The number of rotatable bonds is 8. The molecule has 1 aliphatic rings. The first kappa shape index (κ1) is 30.6. The molecular formula is C32H31BrF3N5O2. The molecule has 2 atom stereocenters. The third-order valence-corrected chi connectivity index (χ3v) is 8.13. The number of hydrogen-bond acceptors (Lipinski definition) is 6. The first-order chi connectivity index (χ1) is 20.5. The zero-order chi connectivity index (χ0) is 30.7. The van der Waals surface area contributed by atoms with E-state index in [0.717, 1.165) is 31.6 Å². The molecule has 0 saturated carbocycles. The van der Waals surface area contributed by atoms with Crippen LogP contribution in [0.2, 0.25) is 0 Å². The van der Waals surface area contributed by atoms with E-state index in [4.69, 9.17) is 4.74 Å². The fourth-order valence-electron chi connectivity index (χ4n) is 5.31. The molecule has 4 aromatic rings. The molecule has 0 aliphatic carbocycles. The van der Waals surface area contributed by atoms with Gasteiger partial charge in [0.1, 0.15) is 11.6 Å². The third-order valence-electron chi connectivity index (χ3n) is 7.67. The Hall–Kier alpha value is -3.83. The van der Waals surface area contributed by atoms with Crippen LogP contribution in [0.25, 0.3) is 11.3 Å². The Bertz CT molecular complexity index is 1630. The average Bonchev–Trinajstić information content (AvgIpc) is 3.42. The molecule has 0 spiro atoms. The number of pyridine rings is 1. The van der Waals surface area contributed by atoms with Crippen LogP contribution in [0.5, 0.6) is 11.6 Å². The minimum atomic E-state index is -4.55. The third kappa shape index (κ3) is 7.22. The number of aromatic nitrogens is 3. The van der Waals surface area contributed by atoms with Crippen molar-refractivity contribution in [2.75, 3.05) is 25.5 Å². The molecule has 2 aromatic carbocycles. The van der Waals surface area contributed by atoms with E-state index in [0.29, 0.717) is 39.3 Å². The molecule has 2 unspecified atom stereocenters. The van der Waals surface area contributed by atoms with Gasteiger partial charge in [0.2, 0.25) is 5.88 Å². The molecule has 2 aromatic heterocycles. The number of likely N-dealkylation sites (tertiary alicyclic amines) is 1. The molecule has 11 heteroatoms. The molecule has 7 nitrogen and oxygen atoms in total. The van der Waals surface area contributed by atoms with Crippen LogP contribution < -0.4 is 10.1 Å². The van der Waals surface area contributed by atoms with E-state index in [2.05, 4.69) is 41.1 Å². The molecule has 0 bridgehead atoms. The molecule has 5 rings (SSSR count). The van der Waals surface area contributed by atoms with Gasteiger partial charge in [-0.05, 0) is 85.9 Å². The number of nitrogens with one attached hydrogen (secondary N) is 1. The lowest BCUT2D eigenvalue weighted by atomic mass is 9.85. The van der Waals surface area contributed by atoms with Gasteiger partial charge in [0.25, 0.3) is 5.91 Å². The maximum atomic E-state index is 13.7.